The maximum absolute atomic E-state index is 4.42. The van der Waals surface area contributed by atoms with Gasteiger partial charge < -0.3 is 5.32 Å². The smallest absolute Gasteiger partial charge is 0.0704 e. The third-order valence-corrected chi connectivity index (χ3v) is 3.71. The minimum Gasteiger partial charge on any atom is -0.317 e. The first-order valence-corrected chi connectivity index (χ1v) is 6.47. The Morgan fingerprint density at radius 1 is 1.12 bits per heavy atom. The van der Waals surface area contributed by atoms with Crippen LogP contribution >= 0.6 is 0 Å². The lowest BCUT2D eigenvalue weighted by Gasteiger charge is -2.23. The normalized spacial score (nSPS) is 17.4. The predicted molar refractivity (Wildman–Crippen MR) is 71.0 cm³/mol. The molecule has 0 saturated carbocycles. The van der Waals surface area contributed by atoms with Gasteiger partial charge in [-0.2, -0.15) is 0 Å². The van der Waals surface area contributed by atoms with Crippen molar-refractivity contribution in [2.24, 2.45) is 5.92 Å². The van der Waals surface area contributed by atoms with E-state index in [9.17, 15) is 0 Å². The number of fused-ring (bicyclic) bond motifs is 1. The third-order valence-electron chi connectivity index (χ3n) is 3.71. The van der Waals surface area contributed by atoms with Gasteiger partial charge in [0.15, 0.2) is 0 Å². The lowest BCUT2D eigenvalue weighted by atomic mass is 9.90. The zero-order valence-corrected chi connectivity index (χ0v) is 10.0. The molecule has 0 aliphatic carbocycles. The molecule has 3 rings (SSSR count). The molecule has 2 aromatic rings. The van der Waals surface area contributed by atoms with Crippen LogP contribution in [-0.2, 0) is 6.42 Å². The molecule has 0 spiro atoms. The quantitative estimate of drug-likeness (QED) is 0.851. The third kappa shape index (κ3) is 2.32. The Hall–Kier alpha value is -1.41. The Labute approximate surface area is 102 Å². The van der Waals surface area contributed by atoms with Gasteiger partial charge in [0.25, 0.3) is 0 Å². The van der Waals surface area contributed by atoms with E-state index in [1.807, 2.05) is 6.20 Å². The summed E-state index contributed by atoms with van der Waals surface area (Å²) in [5.74, 6) is 0.835. The second kappa shape index (κ2) is 4.84. The van der Waals surface area contributed by atoms with Gasteiger partial charge in [-0.1, -0.05) is 18.2 Å². The van der Waals surface area contributed by atoms with Crippen molar-refractivity contribution < 1.29 is 0 Å². The molecule has 0 radical (unpaired) electrons. The Morgan fingerprint density at radius 2 is 1.94 bits per heavy atom. The summed E-state index contributed by atoms with van der Waals surface area (Å²) in [4.78, 5) is 4.42. The van der Waals surface area contributed by atoms with E-state index in [1.54, 1.807) is 0 Å². The fourth-order valence-electron chi connectivity index (χ4n) is 2.73. The van der Waals surface area contributed by atoms with Crippen molar-refractivity contribution in [3.63, 3.8) is 0 Å². The molecule has 1 aliphatic heterocycles. The number of aromatic nitrogens is 1. The van der Waals surface area contributed by atoms with Gasteiger partial charge in [-0.25, -0.2) is 0 Å². The number of hydrogen-bond acceptors (Lipinski definition) is 2. The van der Waals surface area contributed by atoms with E-state index >= 15 is 0 Å². The summed E-state index contributed by atoms with van der Waals surface area (Å²) < 4.78 is 0. The SMILES string of the molecule is c1ccc2c(CC3CCNCC3)ccnc2c1. The first kappa shape index (κ1) is 10.7. The van der Waals surface area contributed by atoms with Gasteiger partial charge >= 0.3 is 0 Å². The fraction of sp³-hybridized carbons (Fsp3) is 0.400. The van der Waals surface area contributed by atoms with Crippen LogP contribution in [0.2, 0.25) is 0 Å². The van der Waals surface area contributed by atoms with Crippen molar-refractivity contribution in [2.45, 2.75) is 19.3 Å². The minimum absolute atomic E-state index is 0.835. The van der Waals surface area contributed by atoms with Gasteiger partial charge in [0, 0.05) is 11.6 Å². The molecule has 0 unspecified atom stereocenters. The maximum atomic E-state index is 4.42. The standard InChI is InChI=1S/C15H18N2/c1-2-4-15-14(3-1)13(7-10-17-15)11-12-5-8-16-9-6-12/h1-4,7,10,12,16H,5-6,8-9,11H2. The monoisotopic (exact) mass is 226 g/mol. The van der Waals surface area contributed by atoms with Crippen molar-refractivity contribution in [1.82, 2.24) is 10.3 Å². The Kier molecular flexibility index (Phi) is 3.06. The van der Waals surface area contributed by atoms with Gasteiger partial charge in [0.05, 0.1) is 5.52 Å². The van der Waals surface area contributed by atoms with E-state index in [2.05, 4.69) is 40.6 Å². The molecule has 1 fully saturated rings. The summed E-state index contributed by atoms with van der Waals surface area (Å²) in [6.45, 7) is 2.35. The zero-order chi connectivity index (χ0) is 11.5. The van der Waals surface area contributed by atoms with E-state index in [0.717, 1.165) is 11.4 Å². The average Bonchev–Trinajstić information content (AvgIpc) is 2.40. The number of para-hydroxylation sites is 1. The van der Waals surface area contributed by atoms with Gasteiger partial charge in [-0.15, -0.1) is 0 Å². The number of rotatable bonds is 2. The maximum Gasteiger partial charge on any atom is 0.0704 e. The summed E-state index contributed by atoms with van der Waals surface area (Å²) in [7, 11) is 0. The molecule has 2 heterocycles. The Bertz CT molecular complexity index is 496. The Morgan fingerprint density at radius 3 is 2.82 bits per heavy atom. The molecule has 0 atom stereocenters. The molecule has 1 saturated heterocycles. The molecular weight excluding hydrogens is 208 g/mol. The average molecular weight is 226 g/mol. The highest BCUT2D eigenvalue weighted by Crippen LogP contribution is 2.23. The minimum atomic E-state index is 0.835. The molecule has 0 amide bonds. The van der Waals surface area contributed by atoms with Crippen LogP contribution in [0.3, 0.4) is 0 Å². The van der Waals surface area contributed by atoms with Crippen LogP contribution in [0.4, 0.5) is 0 Å². The molecule has 1 aromatic heterocycles. The van der Waals surface area contributed by atoms with Crippen molar-refractivity contribution in [3.05, 3.63) is 42.1 Å². The molecule has 1 aromatic carbocycles. The summed E-state index contributed by atoms with van der Waals surface area (Å²) >= 11 is 0. The second-order valence-corrected chi connectivity index (χ2v) is 4.88. The molecule has 0 bridgehead atoms. The van der Waals surface area contributed by atoms with Gasteiger partial charge in [-0.05, 0) is 56.0 Å². The number of benzene rings is 1. The Balaban J connectivity index is 1.89. The summed E-state index contributed by atoms with van der Waals surface area (Å²) in [6.07, 6.45) is 5.75. The van der Waals surface area contributed by atoms with Crippen molar-refractivity contribution >= 4 is 10.9 Å². The van der Waals surface area contributed by atoms with Crippen molar-refractivity contribution in [1.29, 1.82) is 0 Å². The summed E-state index contributed by atoms with van der Waals surface area (Å²) in [5, 5.41) is 4.75. The number of hydrogen-bond donors (Lipinski definition) is 1. The van der Waals surface area contributed by atoms with Crippen LogP contribution in [0.25, 0.3) is 10.9 Å². The number of piperidine rings is 1. The lowest BCUT2D eigenvalue weighted by molar-refractivity contribution is 0.373. The highest BCUT2D eigenvalue weighted by molar-refractivity contribution is 5.81. The van der Waals surface area contributed by atoms with Crippen LogP contribution < -0.4 is 5.32 Å². The highest BCUT2D eigenvalue weighted by Gasteiger charge is 2.14. The van der Waals surface area contributed by atoms with Gasteiger partial charge in [0.2, 0.25) is 0 Å². The highest BCUT2D eigenvalue weighted by atomic mass is 14.9. The number of nitrogens with zero attached hydrogens (tertiary/aromatic N) is 1. The van der Waals surface area contributed by atoms with Gasteiger partial charge in [-0.3, -0.25) is 4.98 Å². The van der Waals surface area contributed by atoms with Crippen LogP contribution in [0.5, 0.6) is 0 Å². The zero-order valence-electron chi connectivity index (χ0n) is 10.0. The molecule has 2 heteroatoms. The number of pyridine rings is 1. The largest absolute Gasteiger partial charge is 0.317 e. The van der Waals surface area contributed by atoms with Crippen LogP contribution in [0, 0.1) is 5.92 Å². The van der Waals surface area contributed by atoms with Crippen LogP contribution in [-0.4, -0.2) is 18.1 Å². The van der Waals surface area contributed by atoms with E-state index in [1.165, 1.54) is 43.3 Å². The van der Waals surface area contributed by atoms with Crippen LogP contribution in [0.15, 0.2) is 36.5 Å². The first-order valence-electron chi connectivity index (χ1n) is 6.47. The molecular formula is C15H18N2. The molecule has 1 aliphatic rings. The van der Waals surface area contributed by atoms with Crippen LogP contribution in [0.1, 0.15) is 18.4 Å². The predicted octanol–water partition coefficient (Wildman–Crippen LogP) is 2.78. The van der Waals surface area contributed by atoms with Crippen molar-refractivity contribution in [3.8, 4) is 0 Å². The molecule has 1 N–H and O–H groups in total. The first-order chi connectivity index (χ1) is 8.43. The number of nitrogens with one attached hydrogen (secondary N) is 1. The van der Waals surface area contributed by atoms with E-state index in [-0.39, 0.29) is 0 Å². The van der Waals surface area contributed by atoms with E-state index < -0.39 is 0 Å². The van der Waals surface area contributed by atoms with E-state index in [4.69, 9.17) is 0 Å². The van der Waals surface area contributed by atoms with Gasteiger partial charge in [0.1, 0.15) is 0 Å². The fourth-order valence-corrected chi connectivity index (χ4v) is 2.73. The molecule has 2 nitrogen and oxygen atoms in total. The van der Waals surface area contributed by atoms with Crippen molar-refractivity contribution in [2.75, 3.05) is 13.1 Å². The lowest BCUT2D eigenvalue weighted by Crippen LogP contribution is -2.28. The summed E-state index contributed by atoms with van der Waals surface area (Å²) in [6, 6.07) is 10.6. The van der Waals surface area contributed by atoms with E-state index in [0.29, 0.717) is 0 Å². The molecule has 88 valence electrons. The second-order valence-electron chi connectivity index (χ2n) is 4.88. The molecule has 17 heavy (non-hydrogen) atoms. The summed E-state index contributed by atoms with van der Waals surface area (Å²) in [5.41, 5.74) is 2.58. The topological polar surface area (TPSA) is 24.9 Å².